The first-order chi connectivity index (χ1) is 9.31. The third-order valence-electron chi connectivity index (χ3n) is 4.48. The zero-order valence-corrected chi connectivity index (χ0v) is 13.4. The van der Waals surface area contributed by atoms with Crippen molar-refractivity contribution in [2.45, 2.75) is 43.9 Å². The van der Waals surface area contributed by atoms with Gasteiger partial charge in [0.15, 0.2) is 0 Å². The number of methoxy groups -OCH3 is 1. The van der Waals surface area contributed by atoms with Crippen molar-refractivity contribution in [2.75, 3.05) is 45.6 Å². The Balaban J connectivity index is 1.65. The second-order valence-corrected chi connectivity index (χ2v) is 7.34. The van der Waals surface area contributed by atoms with Gasteiger partial charge in [0, 0.05) is 37.2 Å². The summed E-state index contributed by atoms with van der Waals surface area (Å²) in [4.78, 5) is 2.65. The lowest BCUT2D eigenvalue weighted by atomic mass is 10.2. The van der Waals surface area contributed by atoms with Crippen LogP contribution in [0.15, 0.2) is 0 Å². The highest BCUT2D eigenvalue weighted by Crippen LogP contribution is 2.35. The van der Waals surface area contributed by atoms with Crippen LogP contribution in [0.25, 0.3) is 0 Å². The van der Waals surface area contributed by atoms with E-state index in [1.165, 1.54) is 51.1 Å². The van der Waals surface area contributed by atoms with Crippen LogP contribution in [0.2, 0.25) is 0 Å². The van der Waals surface area contributed by atoms with E-state index in [2.05, 4.69) is 28.9 Å². The van der Waals surface area contributed by atoms with Gasteiger partial charge in [-0.1, -0.05) is 0 Å². The van der Waals surface area contributed by atoms with Crippen LogP contribution in [-0.4, -0.2) is 61.8 Å². The monoisotopic (exact) mass is 286 g/mol. The number of nitrogens with zero attached hydrogens (tertiary/aromatic N) is 1. The minimum absolute atomic E-state index is 0.753. The first kappa shape index (κ1) is 15.6. The van der Waals surface area contributed by atoms with Gasteiger partial charge in [0.1, 0.15) is 0 Å². The summed E-state index contributed by atoms with van der Waals surface area (Å²) in [6.45, 7) is 8.03. The minimum Gasteiger partial charge on any atom is -0.383 e. The predicted molar refractivity (Wildman–Crippen MR) is 84.0 cm³/mol. The second-order valence-electron chi connectivity index (χ2n) is 5.93. The van der Waals surface area contributed by atoms with Crippen LogP contribution < -0.4 is 5.32 Å². The van der Waals surface area contributed by atoms with Gasteiger partial charge in [-0.3, -0.25) is 4.90 Å². The molecule has 4 heteroatoms. The Bertz CT molecular complexity index is 242. The van der Waals surface area contributed by atoms with E-state index in [-0.39, 0.29) is 0 Å². The minimum atomic E-state index is 0.753. The number of hydrogen-bond acceptors (Lipinski definition) is 4. The predicted octanol–water partition coefficient (Wildman–Crippen LogP) is 2.22. The van der Waals surface area contributed by atoms with Gasteiger partial charge >= 0.3 is 0 Å². The SMILES string of the molecule is COCCN(CCSC1CCNCC1)C(C)C1CC1. The molecule has 0 amide bonds. The van der Waals surface area contributed by atoms with Crippen molar-refractivity contribution in [3.63, 3.8) is 0 Å². The summed E-state index contributed by atoms with van der Waals surface area (Å²) in [5.41, 5.74) is 0. The maximum absolute atomic E-state index is 5.26. The lowest BCUT2D eigenvalue weighted by Gasteiger charge is -2.30. The Hall–Kier alpha value is 0.230. The highest BCUT2D eigenvalue weighted by atomic mass is 32.2. The number of thioether (sulfide) groups is 1. The van der Waals surface area contributed by atoms with E-state index in [1.807, 2.05) is 7.11 Å². The van der Waals surface area contributed by atoms with Crippen molar-refractivity contribution < 1.29 is 4.74 Å². The van der Waals surface area contributed by atoms with Crippen molar-refractivity contribution in [3.05, 3.63) is 0 Å². The van der Waals surface area contributed by atoms with Crippen LogP contribution in [-0.2, 0) is 4.74 Å². The fraction of sp³-hybridized carbons (Fsp3) is 1.00. The van der Waals surface area contributed by atoms with E-state index >= 15 is 0 Å². The number of nitrogens with one attached hydrogen (secondary N) is 1. The molecule has 1 saturated carbocycles. The summed E-state index contributed by atoms with van der Waals surface area (Å²) in [7, 11) is 1.81. The molecule has 112 valence electrons. The Morgan fingerprint density at radius 2 is 1.95 bits per heavy atom. The third-order valence-corrected chi connectivity index (χ3v) is 5.84. The average molecular weight is 286 g/mol. The second kappa shape index (κ2) is 8.50. The summed E-state index contributed by atoms with van der Waals surface area (Å²) in [5, 5.41) is 4.33. The molecule has 1 aliphatic heterocycles. The van der Waals surface area contributed by atoms with E-state index in [1.54, 1.807) is 0 Å². The molecular weight excluding hydrogens is 256 g/mol. The fourth-order valence-electron chi connectivity index (χ4n) is 2.90. The normalized spacial score (nSPS) is 22.9. The summed E-state index contributed by atoms with van der Waals surface area (Å²) >= 11 is 2.19. The summed E-state index contributed by atoms with van der Waals surface area (Å²) < 4.78 is 5.26. The molecule has 1 saturated heterocycles. The van der Waals surface area contributed by atoms with E-state index in [9.17, 15) is 0 Å². The van der Waals surface area contributed by atoms with E-state index < -0.39 is 0 Å². The summed E-state index contributed by atoms with van der Waals surface area (Å²) in [6.07, 6.45) is 5.57. The molecule has 1 unspecified atom stereocenters. The molecule has 1 N–H and O–H groups in total. The molecule has 1 aliphatic carbocycles. The molecular formula is C15H30N2OS. The zero-order valence-electron chi connectivity index (χ0n) is 12.6. The number of hydrogen-bond donors (Lipinski definition) is 1. The Morgan fingerprint density at radius 3 is 2.58 bits per heavy atom. The van der Waals surface area contributed by atoms with Gasteiger partial charge in [-0.2, -0.15) is 11.8 Å². The molecule has 19 heavy (non-hydrogen) atoms. The van der Waals surface area contributed by atoms with Crippen molar-refractivity contribution in [2.24, 2.45) is 5.92 Å². The van der Waals surface area contributed by atoms with Gasteiger partial charge in [-0.05, 0) is 51.6 Å². The Labute approximate surface area is 122 Å². The maximum atomic E-state index is 5.26. The average Bonchev–Trinajstić information content (AvgIpc) is 3.27. The van der Waals surface area contributed by atoms with E-state index in [0.29, 0.717) is 0 Å². The van der Waals surface area contributed by atoms with Gasteiger partial charge in [-0.25, -0.2) is 0 Å². The smallest absolute Gasteiger partial charge is 0.0589 e. The summed E-state index contributed by atoms with van der Waals surface area (Å²) in [5.74, 6) is 2.24. The molecule has 0 aromatic rings. The quantitative estimate of drug-likeness (QED) is 0.702. The van der Waals surface area contributed by atoms with Crippen molar-refractivity contribution >= 4 is 11.8 Å². The van der Waals surface area contributed by atoms with Crippen molar-refractivity contribution in [1.82, 2.24) is 10.2 Å². The van der Waals surface area contributed by atoms with Crippen molar-refractivity contribution in [1.29, 1.82) is 0 Å². The number of ether oxygens (including phenoxy) is 1. The zero-order chi connectivity index (χ0) is 13.5. The van der Waals surface area contributed by atoms with Crippen LogP contribution in [0, 0.1) is 5.92 Å². The van der Waals surface area contributed by atoms with Crippen LogP contribution in [0.3, 0.4) is 0 Å². The Morgan fingerprint density at radius 1 is 1.21 bits per heavy atom. The number of rotatable bonds is 9. The standard InChI is InChI=1S/C15H30N2OS/c1-13(14-3-4-14)17(9-11-18-2)10-12-19-15-5-7-16-8-6-15/h13-16H,3-12H2,1-2H3. The molecule has 1 atom stereocenters. The highest BCUT2D eigenvalue weighted by molar-refractivity contribution is 7.99. The molecule has 1 heterocycles. The topological polar surface area (TPSA) is 24.5 Å². The van der Waals surface area contributed by atoms with Gasteiger partial charge in [0.2, 0.25) is 0 Å². The van der Waals surface area contributed by atoms with Gasteiger partial charge in [0.05, 0.1) is 6.61 Å². The molecule has 0 spiro atoms. The number of piperidine rings is 1. The lowest BCUT2D eigenvalue weighted by Crippen LogP contribution is -2.39. The van der Waals surface area contributed by atoms with Crippen LogP contribution >= 0.6 is 11.8 Å². The molecule has 2 aliphatic rings. The molecule has 2 rings (SSSR count). The maximum Gasteiger partial charge on any atom is 0.0589 e. The van der Waals surface area contributed by atoms with E-state index in [0.717, 1.165) is 30.4 Å². The van der Waals surface area contributed by atoms with Gasteiger partial charge in [0.25, 0.3) is 0 Å². The largest absolute Gasteiger partial charge is 0.383 e. The lowest BCUT2D eigenvalue weighted by molar-refractivity contribution is 0.122. The third kappa shape index (κ3) is 5.62. The molecule has 0 aromatic heterocycles. The molecule has 0 bridgehead atoms. The molecule has 3 nitrogen and oxygen atoms in total. The molecule has 0 aromatic carbocycles. The van der Waals surface area contributed by atoms with E-state index in [4.69, 9.17) is 4.74 Å². The van der Waals surface area contributed by atoms with Crippen molar-refractivity contribution in [3.8, 4) is 0 Å². The molecule has 2 fully saturated rings. The summed E-state index contributed by atoms with van der Waals surface area (Å²) in [6, 6.07) is 0.753. The molecule has 0 radical (unpaired) electrons. The first-order valence-corrected chi connectivity index (χ1v) is 8.91. The van der Waals surface area contributed by atoms with Crippen LogP contribution in [0.5, 0.6) is 0 Å². The first-order valence-electron chi connectivity index (χ1n) is 7.86. The van der Waals surface area contributed by atoms with Crippen LogP contribution in [0.1, 0.15) is 32.6 Å². The fourth-order valence-corrected chi connectivity index (χ4v) is 4.15. The van der Waals surface area contributed by atoms with Crippen LogP contribution in [0.4, 0.5) is 0 Å². The Kier molecular flexibility index (Phi) is 6.99. The van der Waals surface area contributed by atoms with Gasteiger partial charge < -0.3 is 10.1 Å². The van der Waals surface area contributed by atoms with Gasteiger partial charge in [-0.15, -0.1) is 0 Å². The highest BCUT2D eigenvalue weighted by Gasteiger charge is 2.31.